The van der Waals surface area contributed by atoms with Gasteiger partial charge in [0, 0.05) is 12.2 Å². The van der Waals surface area contributed by atoms with Crippen molar-refractivity contribution in [1.82, 2.24) is 4.90 Å². The summed E-state index contributed by atoms with van der Waals surface area (Å²) in [6.45, 7) is 1.54. The summed E-state index contributed by atoms with van der Waals surface area (Å²) in [5.41, 5.74) is 3.08. The molecular formula is C27H25N3O5. The highest BCUT2D eigenvalue weighted by Crippen LogP contribution is 2.28. The minimum absolute atomic E-state index is 0.180. The van der Waals surface area contributed by atoms with Crippen molar-refractivity contribution >= 4 is 34.9 Å². The summed E-state index contributed by atoms with van der Waals surface area (Å²) >= 11 is 0. The Morgan fingerprint density at radius 1 is 0.943 bits per heavy atom. The molecule has 8 nitrogen and oxygen atoms in total. The number of rotatable bonds is 8. The van der Waals surface area contributed by atoms with Gasteiger partial charge in [0.15, 0.2) is 0 Å². The topological polar surface area (TPSA) is 96.0 Å². The predicted molar refractivity (Wildman–Crippen MR) is 131 cm³/mol. The van der Waals surface area contributed by atoms with Gasteiger partial charge in [-0.15, -0.1) is 0 Å². The van der Waals surface area contributed by atoms with E-state index in [0.717, 1.165) is 11.1 Å². The number of para-hydroxylation sites is 1. The largest absolute Gasteiger partial charge is 0.497 e. The molecular weight excluding hydrogens is 446 g/mol. The van der Waals surface area contributed by atoms with E-state index in [9.17, 15) is 19.2 Å². The van der Waals surface area contributed by atoms with Crippen molar-refractivity contribution in [2.45, 2.75) is 13.5 Å². The van der Waals surface area contributed by atoms with Gasteiger partial charge in [-0.3, -0.25) is 24.1 Å². The first-order chi connectivity index (χ1) is 16.9. The molecule has 1 aliphatic heterocycles. The van der Waals surface area contributed by atoms with Crippen molar-refractivity contribution in [3.63, 3.8) is 0 Å². The molecule has 0 atom stereocenters. The first-order valence-electron chi connectivity index (χ1n) is 11.1. The van der Waals surface area contributed by atoms with E-state index >= 15 is 0 Å². The number of fused-ring (bicyclic) bond motifs is 1. The third-order valence-electron chi connectivity index (χ3n) is 5.86. The fourth-order valence-electron chi connectivity index (χ4n) is 3.91. The lowest BCUT2D eigenvalue weighted by Crippen LogP contribution is -2.45. The van der Waals surface area contributed by atoms with Gasteiger partial charge in [-0.2, -0.15) is 0 Å². The molecule has 178 valence electrons. The third kappa shape index (κ3) is 5.22. The van der Waals surface area contributed by atoms with E-state index < -0.39 is 17.6 Å². The Bertz CT molecular complexity index is 1290. The van der Waals surface area contributed by atoms with Gasteiger partial charge < -0.3 is 15.0 Å². The SMILES string of the molecule is COc1ccc(NC(=O)CN(Cc2ccccc2C)C(=O)CN2C(=O)C(=O)c3ccccc32)cc1. The van der Waals surface area contributed by atoms with E-state index in [2.05, 4.69) is 5.32 Å². The van der Waals surface area contributed by atoms with Gasteiger partial charge in [-0.1, -0.05) is 36.4 Å². The summed E-state index contributed by atoms with van der Waals surface area (Å²) in [6.07, 6.45) is 0. The van der Waals surface area contributed by atoms with Crippen molar-refractivity contribution in [1.29, 1.82) is 0 Å². The van der Waals surface area contributed by atoms with Crippen LogP contribution < -0.4 is 15.0 Å². The van der Waals surface area contributed by atoms with Crippen molar-refractivity contribution in [2.75, 3.05) is 30.4 Å². The van der Waals surface area contributed by atoms with Crippen LogP contribution in [0.5, 0.6) is 5.75 Å². The van der Waals surface area contributed by atoms with Crippen LogP contribution in [0.3, 0.4) is 0 Å². The van der Waals surface area contributed by atoms with E-state index in [1.54, 1.807) is 55.6 Å². The summed E-state index contributed by atoms with van der Waals surface area (Å²) in [6, 6.07) is 21.0. The Balaban J connectivity index is 1.53. The first-order valence-corrected chi connectivity index (χ1v) is 11.1. The molecule has 8 heteroatoms. The molecule has 0 bridgehead atoms. The second-order valence-corrected chi connectivity index (χ2v) is 8.19. The zero-order valence-electron chi connectivity index (χ0n) is 19.5. The number of Topliss-reactive ketones (excluding diaryl/α,β-unsaturated/α-hetero) is 1. The maximum Gasteiger partial charge on any atom is 0.299 e. The van der Waals surface area contributed by atoms with Crippen LogP contribution in [0.15, 0.2) is 72.8 Å². The highest BCUT2D eigenvalue weighted by Gasteiger charge is 2.37. The molecule has 0 fully saturated rings. The summed E-state index contributed by atoms with van der Waals surface area (Å²) in [5, 5.41) is 2.78. The Hall–Kier alpha value is -4.46. The number of hydrogen-bond acceptors (Lipinski definition) is 5. The molecule has 1 N–H and O–H groups in total. The van der Waals surface area contributed by atoms with Crippen LogP contribution in [0.1, 0.15) is 21.5 Å². The summed E-state index contributed by atoms with van der Waals surface area (Å²) in [4.78, 5) is 53.7. The van der Waals surface area contributed by atoms with Crippen molar-refractivity contribution in [2.24, 2.45) is 0 Å². The lowest BCUT2D eigenvalue weighted by atomic mass is 10.1. The van der Waals surface area contributed by atoms with Crippen LogP contribution in [0.4, 0.5) is 11.4 Å². The second kappa shape index (κ2) is 10.2. The number of ether oxygens (including phenoxy) is 1. The lowest BCUT2D eigenvalue weighted by molar-refractivity contribution is -0.134. The number of nitrogens with one attached hydrogen (secondary N) is 1. The standard InChI is InChI=1S/C27H25N3O5/c1-18-7-3-4-8-19(18)15-29(16-24(31)28-20-11-13-21(35-2)14-12-20)25(32)17-30-23-10-6-5-9-22(23)26(33)27(30)34/h3-14H,15-17H2,1-2H3,(H,28,31). The van der Waals surface area contributed by atoms with Gasteiger partial charge in [0.25, 0.3) is 11.7 Å². The van der Waals surface area contributed by atoms with Crippen LogP contribution in [0, 0.1) is 6.92 Å². The van der Waals surface area contributed by atoms with Gasteiger partial charge in [-0.05, 0) is 54.4 Å². The number of benzene rings is 3. The molecule has 4 rings (SSSR count). The molecule has 1 aliphatic rings. The van der Waals surface area contributed by atoms with Gasteiger partial charge >= 0.3 is 0 Å². The second-order valence-electron chi connectivity index (χ2n) is 8.19. The zero-order valence-corrected chi connectivity index (χ0v) is 19.5. The van der Waals surface area contributed by atoms with Crippen LogP contribution in [-0.2, 0) is 20.9 Å². The number of amides is 3. The highest BCUT2D eigenvalue weighted by molar-refractivity contribution is 6.52. The summed E-state index contributed by atoms with van der Waals surface area (Å²) in [7, 11) is 1.56. The normalized spacial score (nSPS) is 12.3. The van der Waals surface area contributed by atoms with E-state index in [0.29, 0.717) is 17.1 Å². The minimum Gasteiger partial charge on any atom is -0.497 e. The number of methoxy groups -OCH3 is 1. The molecule has 35 heavy (non-hydrogen) atoms. The van der Waals surface area contributed by atoms with Crippen LogP contribution in [0.25, 0.3) is 0 Å². The van der Waals surface area contributed by atoms with E-state index in [-0.39, 0.29) is 31.1 Å². The predicted octanol–water partition coefficient (Wildman–Crippen LogP) is 3.20. The lowest BCUT2D eigenvalue weighted by Gasteiger charge is -2.26. The molecule has 0 unspecified atom stereocenters. The number of hydrogen-bond donors (Lipinski definition) is 1. The molecule has 1 heterocycles. The van der Waals surface area contributed by atoms with Gasteiger partial charge in [0.2, 0.25) is 11.8 Å². The van der Waals surface area contributed by atoms with Crippen molar-refractivity contribution < 1.29 is 23.9 Å². The maximum absolute atomic E-state index is 13.4. The van der Waals surface area contributed by atoms with Gasteiger partial charge in [0.1, 0.15) is 18.8 Å². The molecule has 0 saturated heterocycles. The number of ketones is 1. The van der Waals surface area contributed by atoms with E-state index in [1.807, 2.05) is 31.2 Å². The van der Waals surface area contributed by atoms with Crippen molar-refractivity contribution in [3.8, 4) is 5.75 Å². The average molecular weight is 472 g/mol. The molecule has 0 aromatic heterocycles. The number of anilines is 2. The average Bonchev–Trinajstić information content (AvgIpc) is 3.10. The van der Waals surface area contributed by atoms with E-state index in [4.69, 9.17) is 4.74 Å². The monoisotopic (exact) mass is 471 g/mol. The maximum atomic E-state index is 13.4. The minimum atomic E-state index is -0.752. The highest BCUT2D eigenvalue weighted by atomic mass is 16.5. The molecule has 0 spiro atoms. The summed E-state index contributed by atoms with van der Waals surface area (Å²) in [5.74, 6) is -1.57. The molecule has 3 amide bonds. The number of nitrogens with zero attached hydrogens (tertiary/aromatic N) is 2. The zero-order chi connectivity index (χ0) is 24.9. The van der Waals surface area contributed by atoms with Gasteiger partial charge in [-0.25, -0.2) is 0 Å². The number of aryl methyl sites for hydroxylation is 1. The van der Waals surface area contributed by atoms with E-state index in [1.165, 1.54) is 9.80 Å². The number of carbonyl (C=O) groups is 4. The molecule has 0 saturated carbocycles. The Labute approximate surface area is 203 Å². The Morgan fingerprint density at radius 3 is 2.34 bits per heavy atom. The molecule has 0 radical (unpaired) electrons. The van der Waals surface area contributed by atoms with Gasteiger partial charge in [0.05, 0.1) is 18.4 Å². The van der Waals surface area contributed by atoms with Crippen LogP contribution >= 0.6 is 0 Å². The quantitative estimate of drug-likeness (QED) is 0.509. The number of carbonyl (C=O) groups excluding carboxylic acids is 4. The molecule has 0 aliphatic carbocycles. The smallest absolute Gasteiger partial charge is 0.299 e. The first kappa shape index (κ1) is 23.7. The molecule has 3 aromatic rings. The molecule has 3 aromatic carbocycles. The summed E-state index contributed by atoms with van der Waals surface area (Å²) < 4.78 is 5.13. The van der Waals surface area contributed by atoms with Crippen LogP contribution in [0.2, 0.25) is 0 Å². The van der Waals surface area contributed by atoms with Crippen molar-refractivity contribution in [3.05, 3.63) is 89.5 Å². The Kier molecular flexibility index (Phi) is 6.91. The van der Waals surface area contributed by atoms with Crippen LogP contribution in [-0.4, -0.2) is 48.6 Å². The fraction of sp³-hybridized carbons (Fsp3) is 0.185. The Morgan fingerprint density at radius 2 is 1.63 bits per heavy atom. The fourth-order valence-corrected chi connectivity index (χ4v) is 3.91. The third-order valence-corrected chi connectivity index (χ3v) is 5.86.